The fourth-order valence-corrected chi connectivity index (χ4v) is 4.29. The second-order valence-corrected chi connectivity index (χ2v) is 7.51. The van der Waals surface area contributed by atoms with Gasteiger partial charge in [0.2, 0.25) is 0 Å². The minimum absolute atomic E-state index is 0.280. The van der Waals surface area contributed by atoms with Crippen LogP contribution in [-0.4, -0.2) is 36.8 Å². The molecule has 3 aromatic carbocycles. The average Bonchev–Trinajstić information content (AvgIpc) is 2.68. The first kappa shape index (κ1) is 17.9. The van der Waals surface area contributed by atoms with Gasteiger partial charge in [-0.25, -0.2) is 0 Å². The van der Waals surface area contributed by atoms with Gasteiger partial charge in [-0.3, -0.25) is 4.90 Å². The first-order valence-electron chi connectivity index (χ1n) is 9.65. The van der Waals surface area contributed by atoms with E-state index in [1.54, 1.807) is 20.3 Å². The third-order valence-electron chi connectivity index (χ3n) is 5.84. The number of likely N-dealkylation sites (tertiary alicyclic amines) is 1. The summed E-state index contributed by atoms with van der Waals surface area (Å²) < 4.78 is 11.0. The van der Waals surface area contributed by atoms with Crippen LogP contribution < -0.4 is 9.47 Å². The van der Waals surface area contributed by atoms with Crippen molar-refractivity contribution in [1.82, 2.24) is 4.90 Å². The number of phenols is 1. The molecule has 0 unspecified atom stereocenters. The lowest BCUT2D eigenvalue weighted by Crippen LogP contribution is -2.36. The largest absolute Gasteiger partial charge is 0.508 e. The van der Waals surface area contributed by atoms with E-state index in [2.05, 4.69) is 17.9 Å². The van der Waals surface area contributed by atoms with Crippen molar-refractivity contribution in [3.63, 3.8) is 0 Å². The van der Waals surface area contributed by atoms with E-state index in [9.17, 15) is 5.11 Å². The highest BCUT2D eigenvalue weighted by molar-refractivity contribution is 6.10. The highest BCUT2D eigenvalue weighted by Crippen LogP contribution is 2.38. The Kier molecular flexibility index (Phi) is 4.83. The van der Waals surface area contributed by atoms with Crippen LogP contribution in [0.15, 0.2) is 36.4 Å². The van der Waals surface area contributed by atoms with Gasteiger partial charge in [-0.05, 0) is 83.8 Å². The molecule has 1 fully saturated rings. The average molecular weight is 365 g/mol. The van der Waals surface area contributed by atoms with E-state index < -0.39 is 0 Å². The van der Waals surface area contributed by atoms with Crippen molar-refractivity contribution in [2.75, 3.05) is 20.8 Å². The van der Waals surface area contributed by atoms with Crippen molar-refractivity contribution in [3.8, 4) is 17.2 Å². The third-order valence-corrected chi connectivity index (χ3v) is 5.84. The minimum atomic E-state index is 0.280. The Morgan fingerprint density at radius 1 is 0.963 bits per heavy atom. The van der Waals surface area contributed by atoms with Crippen LogP contribution in [0.3, 0.4) is 0 Å². The van der Waals surface area contributed by atoms with Crippen molar-refractivity contribution < 1.29 is 14.6 Å². The molecule has 1 heterocycles. The predicted molar refractivity (Wildman–Crippen MR) is 110 cm³/mol. The number of nitrogens with zero attached hydrogens (tertiary/aromatic N) is 1. The van der Waals surface area contributed by atoms with Gasteiger partial charge in [-0.1, -0.05) is 12.5 Å². The maximum Gasteiger partial charge on any atom is 0.161 e. The number of rotatable bonds is 4. The van der Waals surface area contributed by atoms with Crippen LogP contribution in [-0.2, 0) is 6.54 Å². The zero-order valence-electron chi connectivity index (χ0n) is 16.3. The number of benzene rings is 3. The number of ether oxygens (including phenoxy) is 2. The molecule has 0 bridgehead atoms. The Balaban J connectivity index is 1.92. The number of phenolic OH excluding ortho intramolecular Hbond substituents is 1. The summed E-state index contributed by atoms with van der Waals surface area (Å²) in [6.45, 7) is 4.39. The molecule has 4 heteroatoms. The molecule has 0 spiro atoms. The van der Waals surface area contributed by atoms with E-state index in [0.29, 0.717) is 11.8 Å². The van der Waals surface area contributed by atoms with Crippen LogP contribution in [0.5, 0.6) is 17.2 Å². The molecule has 0 saturated carbocycles. The zero-order chi connectivity index (χ0) is 19.0. The molecule has 1 aliphatic heterocycles. The van der Waals surface area contributed by atoms with Crippen molar-refractivity contribution in [1.29, 1.82) is 0 Å². The highest BCUT2D eigenvalue weighted by Gasteiger charge is 2.20. The predicted octanol–water partition coefficient (Wildman–Crippen LogP) is 5.09. The Bertz CT molecular complexity index is 982. The van der Waals surface area contributed by atoms with Gasteiger partial charge in [0.05, 0.1) is 14.2 Å². The van der Waals surface area contributed by atoms with Gasteiger partial charge in [-0.15, -0.1) is 0 Å². The van der Waals surface area contributed by atoms with Crippen LogP contribution in [0.1, 0.15) is 31.7 Å². The molecule has 142 valence electrons. The van der Waals surface area contributed by atoms with Gasteiger partial charge in [0.15, 0.2) is 11.5 Å². The highest BCUT2D eigenvalue weighted by atomic mass is 16.5. The van der Waals surface area contributed by atoms with Crippen molar-refractivity contribution in [2.45, 2.75) is 38.8 Å². The summed E-state index contributed by atoms with van der Waals surface area (Å²) in [7, 11) is 3.31. The van der Waals surface area contributed by atoms with Crippen LogP contribution in [0.2, 0.25) is 0 Å². The topological polar surface area (TPSA) is 41.9 Å². The van der Waals surface area contributed by atoms with Gasteiger partial charge in [0.25, 0.3) is 0 Å². The lowest BCUT2D eigenvalue weighted by molar-refractivity contribution is 0.153. The number of aromatic hydroxyl groups is 1. The molecule has 4 nitrogen and oxygen atoms in total. The van der Waals surface area contributed by atoms with Crippen molar-refractivity contribution >= 4 is 21.5 Å². The van der Waals surface area contributed by atoms with Crippen molar-refractivity contribution in [3.05, 3.63) is 42.0 Å². The number of hydrogen-bond donors (Lipinski definition) is 1. The molecule has 3 aromatic rings. The second kappa shape index (κ2) is 7.28. The van der Waals surface area contributed by atoms with Crippen molar-refractivity contribution in [2.24, 2.45) is 0 Å². The van der Waals surface area contributed by atoms with E-state index in [1.807, 2.05) is 24.3 Å². The molecule has 1 atom stereocenters. The second-order valence-electron chi connectivity index (χ2n) is 7.51. The van der Waals surface area contributed by atoms with E-state index >= 15 is 0 Å². The normalized spacial score (nSPS) is 18.1. The third kappa shape index (κ3) is 3.30. The van der Waals surface area contributed by atoms with Crippen LogP contribution in [0, 0.1) is 0 Å². The summed E-state index contributed by atoms with van der Waals surface area (Å²) in [6, 6.07) is 12.6. The fourth-order valence-electron chi connectivity index (χ4n) is 4.29. The van der Waals surface area contributed by atoms with E-state index in [1.165, 1.54) is 30.2 Å². The van der Waals surface area contributed by atoms with Crippen LogP contribution in [0.25, 0.3) is 21.5 Å². The van der Waals surface area contributed by atoms with Gasteiger partial charge in [0.1, 0.15) is 5.75 Å². The molecule has 4 rings (SSSR count). The summed E-state index contributed by atoms with van der Waals surface area (Å²) in [5, 5.41) is 14.5. The van der Waals surface area contributed by atoms with Gasteiger partial charge in [-0.2, -0.15) is 0 Å². The summed E-state index contributed by atoms with van der Waals surface area (Å²) in [5.41, 5.74) is 1.29. The summed E-state index contributed by atoms with van der Waals surface area (Å²) in [5.74, 6) is 1.70. The first-order chi connectivity index (χ1) is 13.1. The van der Waals surface area contributed by atoms with Gasteiger partial charge < -0.3 is 14.6 Å². The quantitative estimate of drug-likeness (QED) is 0.654. The molecular weight excluding hydrogens is 338 g/mol. The van der Waals surface area contributed by atoms with Gasteiger partial charge in [0, 0.05) is 12.6 Å². The Morgan fingerprint density at radius 2 is 1.74 bits per heavy atom. The first-order valence-corrected chi connectivity index (χ1v) is 9.65. The van der Waals surface area contributed by atoms with Gasteiger partial charge >= 0.3 is 0 Å². The maximum absolute atomic E-state index is 10.1. The van der Waals surface area contributed by atoms with E-state index in [4.69, 9.17) is 9.47 Å². The number of hydrogen-bond acceptors (Lipinski definition) is 4. The Hall–Kier alpha value is -2.46. The standard InChI is InChI=1S/C23H27NO3/c1-15-6-4-5-9-24(15)14-17-10-16-11-22(26-2)23(27-3)13-20(16)21-12-18(25)7-8-19(17)21/h7-8,10-13,15,25H,4-6,9,14H2,1-3H3/t15-/m1/s1. The molecule has 0 aromatic heterocycles. The SMILES string of the molecule is COc1cc2cc(CN3CCCC[C@H]3C)c3ccc(O)cc3c2cc1OC. The molecule has 0 amide bonds. The Labute approximate surface area is 160 Å². The summed E-state index contributed by atoms with van der Waals surface area (Å²) >= 11 is 0. The van der Waals surface area contributed by atoms with E-state index in [0.717, 1.165) is 35.0 Å². The van der Waals surface area contributed by atoms with Crippen LogP contribution in [0.4, 0.5) is 0 Å². The molecule has 1 saturated heterocycles. The fraction of sp³-hybridized carbons (Fsp3) is 0.391. The molecule has 1 N–H and O–H groups in total. The number of fused-ring (bicyclic) bond motifs is 3. The number of methoxy groups -OCH3 is 2. The molecule has 0 radical (unpaired) electrons. The zero-order valence-corrected chi connectivity index (χ0v) is 16.3. The molecule has 27 heavy (non-hydrogen) atoms. The number of piperidine rings is 1. The van der Waals surface area contributed by atoms with E-state index in [-0.39, 0.29) is 5.75 Å². The molecule has 1 aliphatic rings. The lowest BCUT2D eigenvalue weighted by atomic mass is 9.95. The van der Waals surface area contributed by atoms with Crippen LogP contribution >= 0.6 is 0 Å². The minimum Gasteiger partial charge on any atom is -0.508 e. The molecular formula is C23H27NO3. The Morgan fingerprint density at radius 3 is 2.48 bits per heavy atom. The molecule has 0 aliphatic carbocycles. The smallest absolute Gasteiger partial charge is 0.161 e. The lowest BCUT2D eigenvalue weighted by Gasteiger charge is -2.33. The summed E-state index contributed by atoms with van der Waals surface area (Å²) in [6.07, 6.45) is 3.85. The monoisotopic (exact) mass is 365 g/mol. The maximum atomic E-state index is 10.1. The summed E-state index contributed by atoms with van der Waals surface area (Å²) in [4.78, 5) is 2.57.